The van der Waals surface area contributed by atoms with Gasteiger partial charge in [-0.15, -0.1) is 0 Å². The third-order valence-corrected chi connectivity index (χ3v) is 5.11. The molecule has 4 nitrogen and oxygen atoms in total. The van der Waals surface area contributed by atoms with Gasteiger partial charge in [0.2, 0.25) is 0 Å². The largest absolute Gasteiger partial charge is 0.355 e. The molecular weight excluding hydrogens is 340 g/mol. The Kier molecular flexibility index (Phi) is 4.39. The molecule has 0 N–H and O–H groups in total. The van der Waals surface area contributed by atoms with Crippen LogP contribution in [0.25, 0.3) is 0 Å². The molecule has 2 heterocycles. The smallest absolute Gasteiger partial charge is 0.158 e. The summed E-state index contributed by atoms with van der Waals surface area (Å²) in [5.74, 6) is 1.47. The number of halogens is 1. The molecule has 1 fully saturated rings. The molecule has 1 aliphatic heterocycles. The van der Waals surface area contributed by atoms with Crippen molar-refractivity contribution in [2.45, 2.75) is 25.7 Å². The molecule has 1 saturated heterocycles. The second kappa shape index (κ2) is 6.45. The van der Waals surface area contributed by atoms with Crippen LogP contribution in [0.4, 0.5) is 5.82 Å². The van der Waals surface area contributed by atoms with E-state index in [0.29, 0.717) is 11.6 Å². The van der Waals surface area contributed by atoms with E-state index in [9.17, 15) is 0 Å². The van der Waals surface area contributed by atoms with E-state index in [2.05, 4.69) is 55.9 Å². The normalized spacial score (nSPS) is 15.6. The lowest BCUT2D eigenvalue weighted by atomic mass is 9.89. The van der Waals surface area contributed by atoms with Crippen molar-refractivity contribution in [3.05, 3.63) is 51.9 Å². The molecule has 5 heteroatoms. The number of rotatable bonds is 2. The number of anilines is 1. The van der Waals surface area contributed by atoms with Gasteiger partial charge in [-0.3, -0.25) is 0 Å². The quantitative estimate of drug-likeness (QED) is 0.820. The third kappa shape index (κ3) is 3.12. The number of benzene rings is 1. The van der Waals surface area contributed by atoms with E-state index in [1.54, 1.807) is 12.4 Å². The van der Waals surface area contributed by atoms with Crippen molar-refractivity contribution >= 4 is 21.7 Å². The van der Waals surface area contributed by atoms with Gasteiger partial charge in [0.05, 0.1) is 12.4 Å². The zero-order valence-corrected chi connectivity index (χ0v) is 14.0. The van der Waals surface area contributed by atoms with Crippen LogP contribution in [-0.4, -0.2) is 23.1 Å². The van der Waals surface area contributed by atoms with E-state index in [-0.39, 0.29) is 0 Å². The molecule has 112 valence electrons. The molecular formula is C17H17BrN4. The zero-order chi connectivity index (χ0) is 15.5. The van der Waals surface area contributed by atoms with Gasteiger partial charge in [-0.25, -0.2) is 9.97 Å². The standard InChI is InChI=1S/C17H17BrN4/c1-12-8-14(2-3-16(12)18)13-4-6-22(7-5-13)17-11-20-15(9-19)10-21-17/h2-3,8,10-11,13H,4-7H2,1H3. The van der Waals surface area contributed by atoms with Gasteiger partial charge in [0, 0.05) is 17.6 Å². The highest BCUT2D eigenvalue weighted by atomic mass is 79.9. The summed E-state index contributed by atoms with van der Waals surface area (Å²) in [6.45, 7) is 4.08. The highest BCUT2D eigenvalue weighted by Crippen LogP contribution is 2.31. The van der Waals surface area contributed by atoms with Crippen molar-refractivity contribution in [1.29, 1.82) is 5.26 Å². The van der Waals surface area contributed by atoms with Crippen LogP contribution in [0.3, 0.4) is 0 Å². The number of nitrogens with zero attached hydrogens (tertiary/aromatic N) is 4. The van der Waals surface area contributed by atoms with Crippen LogP contribution in [-0.2, 0) is 0 Å². The Hall–Kier alpha value is -1.93. The fraction of sp³-hybridized carbons (Fsp3) is 0.353. The molecule has 0 aliphatic carbocycles. The summed E-state index contributed by atoms with van der Waals surface area (Å²) in [5, 5.41) is 8.77. The lowest BCUT2D eigenvalue weighted by Gasteiger charge is -2.33. The van der Waals surface area contributed by atoms with Gasteiger partial charge in [-0.05, 0) is 42.9 Å². The van der Waals surface area contributed by atoms with E-state index >= 15 is 0 Å². The van der Waals surface area contributed by atoms with Gasteiger partial charge in [0.1, 0.15) is 11.9 Å². The Morgan fingerprint density at radius 1 is 1.23 bits per heavy atom. The van der Waals surface area contributed by atoms with E-state index in [1.807, 2.05) is 6.07 Å². The monoisotopic (exact) mass is 356 g/mol. The lowest BCUT2D eigenvalue weighted by molar-refractivity contribution is 0.502. The predicted molar refractivity (Wildman–Crippen MR) is 89.8 cm³/mol. The first kappa shape index (κ1) is 15.0. The van der Waals surface area contributed by atoms with Crippen LogP contribution in [0.5, 0.6) is 0 Å². The number of aryl methyl sites for hydroxylation is 1. The number of hydrogen-bond donors (Lipinski definition) is 0. The summed E-state index contributed by atoms with van der Waals surface area (Å²) < 4.78 is 1.17. The minimum absolute atomic E-state index is 0.365. The molecule has 0 amide bonds. The maximum Gasteiger partial charge on any atom is 0.158 e. The fourth-order valence-electron chi connectivity index (χ4n) is 2.91. The van der Waals surface area contributed by atoms with Crippen molar-refractivity contribution in [3.8, 4) is 6.07 Å². The summed E-state index contributed by atoms with van der Waals surface area (Å²) >= 11 is 3.56. The maximum atomic E-state index is 8.77. The molecule has 0 radical (unpaired) electrons. The lowest BCUT2D eigenvalue weighted by Crippen LogP contribution is -2.33. The van der Waals surface area contributed by atoms with E-state index in [4.69, 9.17) is 5.26 Å². The van der Waals surface area contributed by atoms with Crippen molar-refractivity contribution in [1.82, 2.24) is 9.97 Å². The summed E-state index contributed by atoms with van der Waals surface area (Å²) in [4.78, 5) is 10.7. The summed E-state index contributed by atoms with van der Waals surface area (Å²) in [6.07, 6.45) is 5.47. The fourth-order valence-corrected chi connectivity index (χ4v) is 3.15. The van der Waals surface area contributed by atoms with Gasteiger partial charge >= 0.3 is 0 Å². The number of hydrogen-bond acceptors (Lipinski definition) is 4. The topological polar surface area (TPSA) is 52.8 Å². The first-order valence-electron chi connectivity index (χ1n) is 7.40. The average molecular weight is 357 g/mol. The SMILES string of the molecule is Cc1cc(C2CCN(c3cnc(C#N)cn3)CC2)ccc1Br. The van der Waals surface area contributed by atoms with Crippen molar-refractivity contribution in [2.24, 2.45) is 0 Å². The highest BCUT2D eigenvalue weighted by molar-refractivity contribution is 9.10. The third-order valence-electron chi connectivity index (χ3n) is 4.23. The van der Waals surface area contributed by atoms with Crippen molar-refractivity contribution in [3.63, 3.8) is 0 Å². The molecule has 2 aromatic rings. The molecule has 0 bridgehead atoms. The molecule has 0 saturated carbocycles. The molecule has 1 aliphatic rings. The van der Waals surface area contributed by atoms with Gasteiger partial charge in [0.25, 0.3) is 0 Å². The summed E-state index contributed by atoms with van der Waals surface area (Å²) in [5.41, 5.74) is 3.08. The van der Waals surface area contributed by atoms with Crippen LogP contribution in [0, 0.1) is 18.3 Å². The molecule has 0 atom stereocenters. The molecule has 1 aromatic heterocycles. The second-order valence-electron chi connectivity index (χ2n) is 5.64. The van der Waals surface area contributed by atoms with Crippen LogP contribution in [0.2, 0.25) is 0 Å². The zero-order valence-electron chi connectivity index (χ0n) is 12.5. The Labute approximate surface area is 138 Å². The van der Waals surface area contributed by atoms with Gasteiger partial charge in [0.15, 0.2) is 5.69 Å². The average Bonchev–Trinajstić information content (AvgIpc) is 2.58. The summed E-state index contributed by atoms with van der Waals surface area (Å²) in [7, 11) is 0. The number of nitriles is 1. The first-order valence-corrected chi connectivity index (χ1v) is 8.20. The molecule has 0 unspecified atom stereocenters. The van der Waals surface area contributed by atoms with Gasteiger partial charge < -0.3 is 4.90 Å². The Bertz CT molecular complexity index is 698. The second-order valence-corrected chi connectivity index (χ2v) is 6.50. The van der Waals surface area contributed by atoms with Gasteiger partial charge in [-0.1, -0.05) is 28.1 Å². The van der Waals surface area contributed by atoms with Crippen molar-refractivity contribution < 1.29 is 0 Å². The summed E-state index contributed by atoms with van der Waals surface area (Å²) in [6, 6.07) is 8.65. The first-order chi connectivity index (χ1) is 10.7. The van der Waals surface area contributed by atoms with E-state index in [0.717, 1.165) is 31.7 Å². The number of aromatic nitrogens is 2. The molecule has 1 aromatic carbocycles. The van der Waals surface area contributed by atoms with Crippen LogP contribution in [0.1, 0.15) is 35.6 Å². The van der Waals surface area contributed by atoms with Gasteiger partial charge in [-0.2, -0.15) is 5.26 Å². The van der Waals surface area contributed by atoms with Crippen LogP contribution in [0.15, 0.2) is 35.1 Å². The maximum absolute atomic E-state index is 8.77. The van der Waals surface area contributed by atoms with Crippen molar-refractivity contribution in [2.75, 3.05) is 18.0 Å². The minimum Gasteiger partial charge on any atom is -0.355 e. The molecule has 0 spiro atoms. The van der Waals surface area contributed by atoms with Crippen LogP contribution < -0.4 is 4.90 Å². The molecule has 3 rings (SSSR count). The van der Waals surface area contributed by atoms with E-state index in [1.165, 1.54) is 15.6 Å². The Morgan fingerprint density at radius 3 is 2.59 bits per heavy atom. The van der Waals surface area contributed by atoms with Crippen LogP contribution >= 0.6 is 15.9 Å². The highest BCUT2D eigenvalue weighted by Gasteiger charge is 2.22. The number of piperidine rings is 1. The van der Waals surface area contributed by atoms with E-state index < -0.39 is 0 Å². The Balaban J connectivity index is 1.66. The minimum atomic E-state index is 0.365. The molecule has 22 heavy (non-hydrogen) atoms. The Morgan fingerprint density at radius 2 is 2.00 bits per heavy atom. The predicted octanol–water partition coefficient (Wildman–Crippen LogP) is 3.80.